The highest BCUT2D eigenvalue weighted by Gasteiger charge is 2.51. The summed E-state index contributed by atoms with van der Waals surface area (Å²) in [4.78, 5) is 26.1. The van der Waals surface area contributed by atoms with Crippen molar-refractivity contribution in [3.8, 4) is 0 Å². The van der Waals surface area contributed by atoms with Crippen LogP contribution in [-0.4, -0.2) is 64.1 Å². The summed E-state index contributed by atoms with van der Waals surface area (Å²) in [7, 11) is 0. The average Bonchev–Trinajstić information content (AvgIpc) is 3.09. The minimum absolute atomic E-state index is 0.0245. The maximum Gasteiger partial charge on any atom is 0.341 e. The van der Waals surface area contributed by atoms with E-state index in [2.05, 4.69) is 5.10 Å². The number of amides is 2. The van der Waals surface area contributed by atoms with Gasteiger partial charge in [0.05, 0.1) is 24.4 Å². The zero-order valence-corrected chi connectivity index (χ0v) is 15.8. The first kappa shape index (κ1) is 19.1. The van der Waals surface area contributed by atoms with Gasteiger partial charge in [-0.1, -0.05) is 26.2 Å². The van der Waals surface area contributed by atoms with Crippen LogP contribution >= 0.6 is 0 Å². The van der Waals surface area contributed by atoms with Crippen molar-refractivity contribution in [2.45, 2.75) is 89.5 Å². The summed E-state index contributed by atoms with van der Waals surface area (Å²) in [6.07, 6.45) is 8.44. The van der Waals surface area contributed by atoms with E-state index in [0.717, 1.165) is 32.1 Å². The molecule has 1 aliphatic heterocycles. The van der Waals surface area contributed by atoms with E-state index in [1.165, 1.54) is 18.4 Å². The highest BCUT2D eigenvalue weighted by atomic mass is 16.5. The molecule has 1 heterocycles. The Bertz CT molecular complexity index is 547. The zero-order chi connectivity index (χ0) is 18.7. The molecule has 7 nitrogen and oxygen atoms in total. The lowest BCUT2D eigenvalue weighted by atomic mass is 9.85. The number of carbonyl (C=O) groups is 2. The maximum absolute atomic E-state index is 12.8. The maximum atomic E-state index is 12.8. The SMILES string of the molecule is CCCN1C(=O)N(/N=C/C(OC(C)=O)C2CCCCC2)C2CC(O)CC21. The fourth-order valence-electron chi connectivity index (χ4n) is 4.66. The number of carbonyl (C=O) groups excluding carboxylic acids is 2. The quantitative estimate of drug-likeness (QED) is 0.579. The smallest absolute Gasteiger partial charge is 0.341 e. The van der Waals surface area contributed by atoms with Gasteiger partial charge < -0.3 is 14.7 Å². The molecule has 0 spiro atoms. The average molecular weight is 365 g/mol. The van der Waals surface area contributed by atoms with Gasteiger partial charge in [0, 0.05) is 19.4 Å². The van der Waals surface area contributed by atoms with Gasteiger partial charge in [-0.2, -0.15) is 5.10 Å². The van der Waals surface area contributed by atoms with Gasteiger partial charge in [-0.3, -0.25) is 4.79 Å². The zero-order valence-electron chi connectivity index (χ0n) is 15.8. The van der Waals surface area contributed by atoms with Crippen molar-refractivity contribution in [3.63, 3.8) is 0 Å². The number of ether oxygens (including phenoxy) is 1. The van der Waals surface area contributed by atoms with E-state index in [0.29, 0.717) is 19.4 Å². The van der Waals surface area contributed by atoms with Crippen LogP contribution in [0.1, 0.15) is 65.2 Å². The fourth-order valence-corrected chi connectivity index (χ4v) is 4.66. The molecule has 2 saturated carbocycles. The molecule has 4 atom stereocenters. The summed E-state index contributed by atoms with van der Waals surface area (Å²) in [6.45, 7) is 4.13. The predicted octanol–water partition coefficient (Wildman–Crippen LogP) is 2.52. The summed E-state index contributed by atoms with van der Waals surface area (Å²) < 4.78 is 5.50. The lowest BCUT2D eigenvalue weighted by molar-refractivity contribution is -0.145. The minimum Gasteiger partial charge on any atom is -0.456 e. The van der Waals surface area contributed by atoms with Crippen LogP contribution in [0.2, 0.25) is 0 Å². The first-order chi connectivity index (χ1) is 12.5. The number of rotatable bonds is 6. The second-order valence-corrected chi connectivity index (χ2v) is 7.82. The van der Waals surface area contributed by atoms with E-state index < -0.39 is 6.10 Å². The van der Waals surface area contributed by atoms with Crippen LogP contribution in [0.25, 0.3) is 0 Å². The molecule has 0 aromatic rings. The minimum atomic E-state index is -0.391. The molecule has 3 fully saturated rings. The Hall–Kier alpha value is -1.63. The van der Waals surface area contributed by atoms with Crippen LogP contribution in [0.15, 0.2) is 5.10 Å². The molecule has 3 aliphatic rings. The van der Waals surface area contributed by atoms with Gasteiger partial charge in [-0.05, 0) is 32.1 Å². The molecule has 3 rings (SSSR count). The number of aliphatic hydroxyl groups is 1. The number of esters is 1. The van der Waals surface area contributed by atoms with Gasteiger partial charge in [0.15, 0.2) is 0 Å². The molecule has 1 saturated heterocycles. The molecule has 2 amide bonds. The number of nitrogens with zero attached hydrogens (tertiary/aromatic N) is 3. The summed E-state index contributed by atoms with van der Waals surface area (Å²) in [5, 5.41) is 16.0. The lowest BCUT2D eigenvalue weighted by Gasteiger charge is -2.27. The molecule has 0 aromatic heterocycles. The third-order valence-corrected chi connectivity index (χ3v) is 5.85. The molecular formula is C19H31N3O4. The van der Waals surface area contributed by atoms with E-state index >= 15 is 0 Å². The molecule has 1 N–H and O–H groups in total. The summed E-state index contributed by atoms with van der Waals surface area (Å²) >= 11 is 0. The highest BCUT2D eigenvalue weighted by molar-refractivity contribution is 5.80. The molecule has 4 unspecified atom stereocenters. The van der Waals surface area contributed by atoms with Crippen LogP contribution < -0.4 is 0 Å². The Morgan fingerprint density at radius 3 is 2.65 bits per heavy atom. The van der Waals surface area contributed by atoms with Crippen LogP contribution in [-0.2, 0) is 9.53 Å². The number of hydrogen-bond donors (Lipinski definition) is 1. The Morgan fingerprint density at radius 1 is 1.31 bits per heavy atom. The standard InChI is InChI=1S/C19H31N3O4/c1-3-9-21-16-10-15(24)11-17(16)22(19(21)25)20-12-18(26-13(2)23)14-7-5-4-6-8-14/h12,14-18,24H,3-11H2,1-2H3/b20-12+. The lowest BCUT2D eigenvalue weighted by Crippen LogP contribution is -2.36. The molecule has 0 aromatic carbocycles. The van der Waals surface area contributed by atoms with Crippen molar-refractivity contribution in [1.29, 1.82) is 0 Å². The highest BCUT2D eigenvalue weighted by Crippen LogP contribution is 2.36. The third kappa shape index (κ3) is 4.03. The van der Waals surface area contributed by atoms with Crippen molar-refractivity contribution < 1.29 is 19.4 Å². The first-order valence-corrected chi connectivity index (χ1v) is 10.0. The largest absolute Gasteiger partial charge is 0.456 e. The Balaban J connectivity index is 1.75. The third-order valence-electron chi connectivity index (χ3n) is 5.85. The monoisotopic (exact) mass is 365 g/mol. The van der Waals surface area contributed by atoms with Gasteiger partial charge in [-0.25, -0.2) is 9.80 Å². The second-order valence-electron chi connectivity index (χ2n) is 7.82. The van der Waals surface area contributed by atoms with Gasteiger partial charge >= 0.3 is 12.0 Å². The van der Waals surface area contributed by atoms with Gasteiger partial charge in [0.1, 0.15) is 6.10 Å². The Kier molecular flexibility index (Phi) is 6.16. The molecule has 2 aliphatic carbocycles. The molecule has 0 bridgehead atoms. The van der Waals surface area contributed by atoms with E-state index in [4.69, 9.17) is 4.74 Å². The fraction of sp³-hybridized carbons (Fsp3) is 0.842. The number of hydrazone groups is 1. The predicted molar refractivity (Wildman–Crippen MR) is 97.7 cm³/mol. The van der Waals surface area contributed by atoms with Gasteiger partial charge in [-0.15, -0.1) is 0 Å². The number of fused-ring (bicyclic) bond motifs is 1. The molecule has 7 heteroatoms. The van der Waals surface area contributed by atoms with Gasteiger partial charge in [0.2, 0.25) is 0 Å². The van der Waals surface area contributed by atoms with Crippen LogP contribution in [0.4, 0.5) is 4.79 Å². The van der Waals surface area contributed by atoms with Crippen LogP contribution in [0.5, 0.6) is 0 Å². The van der Waals surface area contributed by atoms with Crippen LogP contribution in [0.3, 0.4) is 0 Å². The van der Waals surface area contributed by atoms with E-state index in [1.54, 1.807) is 6.21 Å². The van der Waals surface area contributed by atoms with Crippen molar-refractivity contribution in [1.82, 2.24) is 9.91 Å². The Labute approximate surface area is 155 Å². The number of urea groups is 1. The summed E-state index contributed by atoms with van der Waals surface area (Å²) in [5.41, 5.74) is 0. The number of hydrogen-bond acceptors (Lipinski definition) is 5. The Morgan fingerprint density at radius 2 is 2.00 bits per heavy atom. The van der Waals surface area contributed by atoms with Crippen molar-refractivity contribution in [2.75, 3.05) is 6.54 Å². The molecular weight excluding hydrogens is 334 g/mol. The van der Waals surface area contributed by atoms with Crippen molar-refractivity contribution >= 4 is 18.2 Å². The first-order valence-electron chi connectivity index (χ1n) is 10.0. The second kappa shape index (κ2) is 8.37. The van der Waals surface area contributed by atoms with Crippen LogP contribution in [0, 0.1) is 5.92 Å². The summed E-state index contributed by atoms with van der Waals surface area (Å²) in [5.74, 6) is -0.0487. The van der Waals surface area contributed by atoms with Crippen molar-refractivity contribution in [2.24, 2.45) is 11.0 Å². The van der Waals surface area contributed by atoms with Gasteiger partial charge in [0.25, 0.3) is 0 Å². The summed E-state index contributed by atoms with van der Waals surface area (Å²) in [6, 6.07) is -0.170. The molecule has 146 valence electrons. The van der Waals surface area contributed by atoms with Crippen molar-refractivity contribution in [3.05, 3.63) is 0 Å². The van der Waals surface area contributed by atoms with E-state index in [1.807, 2.05) is 11.8 Å². The molecule has 0 radical (unpaired) electrons. The normalized spacial score (nSPS) is 30.9. The number of aliphatic hydroxyl groups excluding tert-OH is 1. The van der Waals surface area contributed by atoms with E-state index in [9.17, 15) is 14.7 Å². The topological polar surface area (TPSA) is 82.4 Å². The van der Waals surface area contributed by atoms with E-state index in [-0.39, 0.29) is 36.1 Å². The molecule has 26 heavy (non-hydrogen) atoms.